The van der Waals surface area contributed by atoms with E-state index in [2.05, 4.69) is 21.0 Å². The van der Waals surface area contributed by atoms with E-state index in [0.29, 0.717) is 30.8 Å². The minimum Gasteiger partial charge on any atom is -0.377 e. The van der Waals surface area contributed by atoms with Crippen molar-refractivity contribution in [2.45, 2.75) is 6.04 Å². The molecule has 1 amide bonds. The Morgan fingerprint density at radius 3 is 3.10 bits per heavy atom. The topological polar surface area (TPSA) is 47.4 Å². The molecule has 0 bridgehead atoms. The first kappa shape index (κ1) is 13.6. The average Bonchev–Trinajstić information content (AvgIpc) is 2.84. The SMILES string of the molecule is Cn1nc(C(=O)N2CCOCC2CBr)c2ccccc21. The van der Waals surface area contributed by atoms with Crippen LogP contribution in [-0.2, 0) is 11.8 Å². The maximum Gasteiger partial charge on any atom is 0.275 e. The van der Waals surface area contributed by atoms with Gasteiger partial charge < -0.3 is 9.64 Å². The number of hydrogen-bond donors (Lipinski definition) is 0. The van der Waals surface area contributed by atoms with Crippen LogP contribution in [0.3, 0.4) is 0 Å². The molecule has 1 atom stereocenters. The number of morpholine rings is 1. The summed E-state index contributed by atoms with van der Waals surface area (Å²) in [6.45, 7) is 1.77. The van der Waals surface area contributed by atoms with E-state index in [1.165, 1.54) is 0 Å². The van der Waals surface area contributed by atoms with E-state index in [4.69, 9.17) is 4.74 Å². The van der Waals surface area contributed by atoms with Crippen LogP contribution in [0.2, 0.25) is 0 Å². The summed E-state index contributed by atoms with van der Waals surface area (Å²) in [7, 11) is 1.86. The second kappa shape index (κ2) is 5.54. The zero-order valence-corrected chi connectivity index (χ0v) is 12.8. The standard InChI is InChI=1S/C14H16BrN3O2/c1-17-12-5-3-2-4-11(12)13(16-17)14(19)18-6-7-20-9-10(18)8-15/h2-5,10H,6-9H2,1H3. The van der Waals surface area contributed by atoms with Crippen LogP contribution < -0.4 is 0 Å². The summed E-state index contributed by atoms with van der Waals surface area (Å²) in [5, 5.41) is 6.02. The summed E-state index contributed by atoms with van der Waals surface area (Å²) in [6, 6.07) is 7.87. The Kier molecular flexibility index (Phi) is 3.76. The van der Waals surface area contributed by atoms with Crippen molar-refractivity contribution in [2.75, 3.05) is 25.1 Å². The van der Waals surface area contributed by atoms with Gasteiger partial charge in [-0.25, -0.2) is 0 Å². The summed E-state index contributed by atoms with van der Waals surface area (Å²) in [6.07, 6.45) is 0. The molecule has 1 saturated heterocycles. The van der Waals surface area contributed by atoms with Gasteiger partial charge in [-0.2, -0.15) is 5.10 Å². The van der Waals surface area contributed by atoms with E-state index >= 15 is 0 Å². The molecule has 106 valence electrons. The fourth-order valence-electron chi connectivity index (χ4n) is 2.56. The quantitative estimate of drug-likeness (QED) is 0.785. The van der Waals surface area contributed by atoms with Crippen molar-refractivity contribution in [3.05, 3.63) is 30.0 Å². The largest absolute Gasteiger partial charge is 0.377 e. The number of aryl methyl sites for hydroxylation is 1. The highest BCUT2D eigenvalue weighted by Gasteiger charge is 2.29. The number of fused-ring (bicyclic) bond motifs is 1. The van der Waals surface area contributed by atoms with Gasteiger partial charge in [-0.15, -0.1) is 0 Å². The van der Waals surface area contributed by atoms with Gasteiger partial charge in [0.2, 0.25) is 0 Å². The number of ether oxygens (including phenoxy) is 1. The van der Waals surface area contributed by atoms with E-state index in [1.54, 1.807) is 4.68 Å². The molecule has 1 aliphatic heterocycles. The summed E-state index contributed by atoms with van der Waals surface area (Å²) in [4.78, 5) is 14.6. The van der Waals surface area contributed by atoms with Crippen molar-refractivity contribution < 1.29 is 9.53 Å². The highest BCUT2D eigenvalue weighted by Crippen LogP contribution is 2.21. The molecule has 6 heteroatoms. The Hall–Kier alpha value is -1.40. The number of benzene rings is 1. The molecule has 0 aliphatic carbocycles. The molecule has 0 saturated carbocycles. The molecule has 5 nitrogen and oxygen atoms in total. The molecule has 20 heavy (non-hydrogen) atoms. The number of amides is 1. The maximum absolute atomic E-state index is 12.8. The van der Waals surface area contributed by atoms with Gasteiger partial charge in [-0.3, -0.25) is 9.48 Å². The normalized spacial score (nSPS) is 19.5. The molecule has 0 spiro atoms. The summed E-state index contributed by atoms with van der Waals surface area (Å²) >= 11 is 3.45. The fourth-order valence-corrected chi connectivity index (χ4v) is 3.09. The Bertz CT molecular complexity index is 640. The van der Waals surface area contributed by atoms with Crippen LogP contribution in [0.1, 0.15) is 10.5 Å². The molecule has 1 unspecified atom stereocenters. The van der Waals surface area contributed by atoms with Gasteiger partial charge >= 0.3 is 0 Å². The smallest absolute Gasteiger partial charge is 0.275 e. The summed E-state index contributed by atoms with van der Waals surface area (Å²) < 4.78 is 7.19. The van der Waals surface area contributed by atoms with E-state index in [1.807, 2.05) is 36.2 Å². The van der Waals surface area contributed by atoms with Crippen LogP contribution in [0.15, 0.2) is 24.3 Å². The van der Waals surface area contributed by atoms with Gasteiger partial charge in [-0.05, 0) is 6.07 Å². The van der Waals surface area contributed by atoms with Crippen molar-refractivity contribution in [3.63, 3.8) is 0 Å². The van der Waals surface area contributed by atoms with Gasteiger partial charge in [0, 0.05) is 24.3 Å². The molecule has 1 aromatic carbocycles. The Labute approximate surface area is 125 Å². The lowest BCUT2D eigenvalue weighted by Gasteiger charge is -2.34. The van der Waals surface area contributed by atoms with Gasteiger partial charge in [-0.1, -0.05) is 34.1 Å². The van der Waals surface area contributed by atoms with Gasteiger partial charge in [0.05, 0.1) is 24.8 Å². The number of aromatic nitrogens is 2. The Morgan fingerprint density at radius 1 is 1.50 bits per heavy atom. The monoisotopic (exact) mass is 337 g/mol. The molecule has 1 aliphatic rings. The molecule has 1 aromatic heterocycles. The number of para-hydroxylation sites is 1. The predicted octanol–water partition coefficient (Wildman–Crippen LogP) is 1.81. The molecule has 1 fully saturated rings. The lowest BCUT2D eigenvalue weighted by atomic mass is 10.1. The maximum atomic E-state index is 12.8. The van der Waals surface area contributed by atoms with Gasteiger partial charge in [0.15, 0.2) is 5.69 Å². The first-order valence-electron chi connectivity index (χ1n) is 6.59. The zero-order valence-electron chi connectivity index (χ0n) is 11.3. The third-order valence-electron chi connectivity index (χ3n) is 3.63. The van der Waals surface area contributed by atoms with Crippen molar-refractivity contribution in [3.8, 4) is 0 Å². The minimum atomic E-state index is -0.0189. The lowest BCUT2D eigenvalue weighted by molar-refractivity contribution is 0.00499. The van der Waals surface area contributed by atoms with Gasteiger partial charge in [0.1, 0.15) is 0 Å². The van der Waals surface area contributed by atoms with Crippen molar-refractivity contribution >= 4 is 32.7 Å². The number of carbonyl (C=O) groups is 1. The van der Waals surface area contributed by atoms with Crippen LogP contribution in [0.4, 0.5) is 0 Å². The molecular formula is C14H16BrN3O2. The Morgan fingerprint density at radius 2 is 2.30 bits per heavy atom. The number of carbonyl (C=O) groups excluding carboxylic acids is 1. The second-order valence-corrected chi connectivity index (χ2v) is 5.52. The lowest BCUT2D eigenvalue weighted by Crippen LogP contribution is -2.49. The van der Waals surface area contributed by atoms with Crippen molar-refractivity contribution in [2.24, 2.45) is 7.05 Å². The Balaban J connectivity index is 2.00. The second-order valence-electron chi connectivity index (χ2n) is 4.87. The molecule has 3 rings (SSSR count). The fraction of sp³-hybridized carbons (Fsp3) is 0.429. The summed E-state index contributed by atoms with van der Waals surface area (Å²) in [5.41, 5.74) is 1.50. The van der Waals surface area contributed by atoms with Crippen LogP contribution in [0.5, 0.6) is 0 Å². The van der Waals surface area contributed by atoms with Crippen molar-refractivity contribution in [1.29, 1.82) is 0 Å². The summed E-state index contributed by atoms with van der Waals surface area (Å²) in [5.74, 6) is -0.0189. The van der Waals surface area contributed by atoms with E-state index in [0.717, 1.165) is 10.9 Å². The van der Waals surface area contributed by atoms with Crippen molar-refractivity contribution in [1.82, 2.24) is 14.7 Å². The van der Waals surface area contributed by atoms with E-state index < -0.39 is 0 Å². The number of halogens is 1. The third kappa shape index (κ3) is 2.23. The molecule has 0 N–H and O–H groups in total. The van der Waals surface area contributed by atoms with Crippen LogP contribution in [-0.4, -0.2) is 51.7 Å². The molecular weight excluding hydrogens is 322 g/mol. The number of rotatable bonds is 2. The predicted molar refractivity (Wildman–Crippen MR) is 80.2 cm³/mol. The zero-order chi connectivity index (χ0) is 14.1. The van der Waals surface area contributed by atoms with Crippen LogP contribution >= 0.6 is 15.9 Å². The average molecular weight is 338 g/mol. The third-order valence-corrected chi connectivity index (χ3v) is 4.37. The molecule has 0 radical (unpaired) electrons. The van der Waals surface area contributed by atoms with Gasteiger partial charge in [0.25, 0.3) is 5.91 Å². The highest BCUT2D eigenvalue weighted by atomic mass is 79.9. The number of hydrogen-bond acceptors (Lipinski definition) is 3. The number of nitrogens with zero attached hydrogens (tertiary/aromatic N) is 3. The van der Waals surface area contributed by atoms with Crippen LogP contribution in [0, 0.1) is 0 Å². The van der Waals surface area contributed by atoms with Crippen LogP contribution in [0.25, 0.3) is 10.9 Å². The minimum absolute atomic E-state index is 0.0189. The molecule has 2 aromatic rings. The number of alkyl halides is 1. The first-order chi connectivity index (χ1) is 9.72. The highest BCUT2D eigenvalue weighted by molar-refractivity contribution is 9.09. The van der Waals surface area contributed by atoms with E-state index in [9.17, 15) is 4.79 Å². The first-order valence-corrected chi connectivity index (χ1v) is 7.71. The molecule has 2 heterocycles. The van der Waals surface area contributed by atoms with E-state index in [-0.39, 0.29) is 11.9 Å².